The molecule has 3 nitrogen and oxygen atoms in total. The molecule has 0 saturated carbocycles. The molecule has 0 spiro atoms. The second-order valence-corrected chi connectivity index (χ2v) is 3.15. The van der Waals surface area contributed by atoms with Gasteiger partial charge in [-0.2, -0.15) is 0 Å². The molecule has 70 valence electrons. The molecule has 0 aromatic rings. The van der Waals surface area contributed by atoms with Gasteiger partial charge in [0.25, 0.3) is 0 Å². The number of carboxylic acids is 1. The van der Waals surface area contributed by atoms with Crippen LogP contribution in [-0.2, 0) is 4.79 Å². The zero-order valence-corrected chi connectivity index (χ0v) is 7.55. The fourth-order valence-corrected chi connectivity index (χ4v) is 0.915. The van der Waals surface area contributed by atoms with E-state index in [9.17, 15) is 4.79 Å². The minimum Gasteiger partial charge on any atom is -0.480 e. The monoisotopic (exact) mass is 171 g/mol. The van der Waals surface area contributed by atoms with Gasteiger partial charge in [0, 0.05) is 0 Å². The number of unbranched alkanes of at least 4 members (excludes halogenated alkanes) is 1. The van der Waals surface area contributed by atoms with Gasteiger partial charge in [-0.05, 0) is 26.2 Å². The lowest BCUT2D eigenvalue weighted by Crippen LogP contribution is -2.29. The molecular formula is C9H17NO2. The number of hydrogen-bond donors (Lipinski definition) is 2. The van der Waals surface area contributed by atoms with Crippen LogP contribution in [0.5, 0.6) is 0 Å². The lowest BCUT2D eigenvalue weighted by atomic mass is 10.1. The van der Waals surface area contributed by atoms with Crippen molar-refractivity contribution in [2.45, 2.75) is 38.6 Å². The molecule has 0 radical (unpaired) electrons. The summed E-state index contributed by atoms with van der Waals surface area (Å²) in [5.74, 6) is -0.912. The van der Waals surface area contributed by atoms with E-state index in [-0.39, 0.29) is 0 Å². The van der Waals surface area contributed by atoms with Crippen LogP contribution in [-0.4, -0.2) is 17.1 Å². The van der Waals surface area contributed by atoms with Crippen LogP contribution in [0.1, 0.15) is 32.6 Å². The first-order valence-corrected chi connectivity index (χ1v) is 4.17. The van der Waals surface area contributed by atoms with Crippen LogP contribution in [0.2, 0.25) is 0 Å². The van der Waals surface area contributed by atoms with Crippen LogP contribution in [0, 0.1) is 0 Å². The summed E-state index contributed by atoms with van der Waals surface area (Å²) in [6, 6.07) is -0.699. The maximum atomic E-state index is 10.3. The van der Waals surface area contributed by atoms with Gasteiger partial charge in [-0.3, -0.25) is 4.79 Å². The van der Waals surface area contributed by atoms with E-state index in [0.717, 1.165) is 24.8 Å². The van der Waals surface area contributed by atoms with E-state index in [2.05, 4.69) is 6.58 Å². The van der Waals surface area contributed by atoms with Crippen molar-refractivity contribution in [3.05, 3.63) is 12.2 Å². The maximum absolute atomic E-state index is 10.3. The summed E-state index contributed by atoms with van der Waals surface area (Å²) in [5, 5.41) is 8.45. The van der Waals surface area contributed by atoms with Gasteiger partial charge in [-0.25, -0.2) is 0 Å². The van der Waals surface area contributed by atoms with E-state index in [1.54, 1.807) is 0 Å². The second-order valence-electron chi connectivity index (χ2n) is 3.15. The van der Waals surface area contributed by atoms with Crippen LogP contribution < -0.4 is 5.73 Å². The van der Waals surface area contributed by atoms with Gasteiger partial charge < -0.3 is 10.8 Å². The predicted molar refractivity (Wildman–Crippen MR) is 48.9 cm³/mol. The zero-order valence-electron chi connectivity index (χ0n) is 7.55. The maximum Gasteiger partial charge on any atom is 0.320 e. The molecule has 0 aromatic heterocycles. The minimum atomic E-state index is -0.912. The van der Waals surface area contributed by atoms with Crippen molar-refractivity contribution in [2.75, 3.05) is 0 Å². The Hall–Kier alpha value is -0.830. The van der Waals surface area contributed by atoms with E-state index in [0.29, 0.717) is 6.42 Å². The van der Waals surface area contributed by atoms with Gasteiger partial charge in [0.05, 0.1) is 0 Å². The van der Waals surface area contributed by atoms with Crippen molar-refractivity contribution < 1.29 is 9.90 Å². The van der Waals surface area contributed by atoms with E-state index >= 15 is 0 Å². The second kappa shape index (κ2) is 5.77. The molecule has 0 aliphatic heterocycles. The number of carbonyl (C=O) groups is 1. The Balaban J connectivity index is 3.31. The molecule has 12 heavy (non-hydrogen) atoms. The highest BCUT2D eigenvalue weighted by Gasteiger charge is 2.09. The fraction of sp³-hybridized carbons (Fsp3) is 0.667. The Labute approximate surface area is 73.3 Å². The normalized spacial score (nSPS) is 12.5. The Morgan fingerprint density at radius 2 is 2.17 bits per heavy atom. The molecule has 0 aliphatic carbocycles. The first kappa shape index (κ1) is 11.2. The number of allylic oxidation sites excluding steroid dienone is 1. The summed E-state index contributed by atoms with van der Waals surface area (Å²) in [6.07, 6.45) is 3.37. The van der Waals surface area contributed by atoms with Crippen molar-refractivity contribution in [3.63, 3.8) is 0 Å². The lowest BCUT2D eigenvalue weighted by Gasteiger charge is -2.05. The molecular weight excluding hydrogens is 154 g/mol. The molecule has 0 amide bonds. The third-order valence-electron chi connectivity index (χ3n) is 1.69. The third kappa shape index (κ3) is 5.92. The van der Waals surface area contributed by atoms with Gasteiger partial charge in [0.2, 0.25) is 0 Å². The molecule has 3 heteroatoms. The third-order valence-corrected chi connectivity index (χ3v) is 1.69. The highest BCUT2D eigenvalue weighted by atomic mass is 16.4. The Bertz CT molecular complexity index is 166. The summed E-state index contributed by atoms with van der Waals surface area (Å²) >= 11 is 0. The quantitative estimate of drug-likeness (QED) is 0.470. The summed E-state index contributed by atoms with van der Waals surface area (Å²) in [7, 11) is 0. The van der Waals surface area contributed by atoms with Gasteiger partial charge in [0.1, 0.15) is 6.04 Å². The molecule has 0 unspecified atom stereocenters. The van der Waals surface area contributed by atoms with Gasteiger partial charge in [-0.15, -0.1) is 6.58 Å². The number of rotatable bonds is 6. The zero-order chi connectivity index (χ0) is 9.56. The largest absolute Gasteiger partial charge is 0.480 e. The number of carboxylic acid groups (broad SMARTS) is 1. The first-order chi connectivity index (χ1) is 5.54. The van der Waals surface area contributed by atoms with E-state index in [1.807, 2.05) is 6.92 Å². The Kier molecular flexibility index (Phi) is 5.37. The average molecular weight is 171 g/mol. The molecule has 0 saturated heterocycles. The SMILES string of the molecule is C=C(C)CCCC[C@H](N)C(=O)O. The highest BCUT2D eigenvalue weighted by molar-refractivity contribution is 5.72. The molecule has 0 aliphatic rings. The van der Waals surface area contributed by atoms with Gasteiger partial charge >= 0.3 is 5.97 Å². The van der Waals surface area contributed by atoms with Gasteiger partial charge in [-0.1, -0.05) is 12.0 Å². The topological polar surface area (TPSA) is 63.3 Å². The lowest BCUT2D eigenvalue weighted by molar-refractivity contribution is -0.138. The summed E-state index contributed by atoms with van der Waals surface area (Å²) in [6.45, 7) is 5.73. The summed E-state index contributed by atoms with van der Waals surface area (Å²) in [5.41, 5.74) is 6.45. The highest BCUT2D eigenvalue weighted by Crippen LogP contribution is 2.07. The van der Waals surface area contributed by atoms with E-state index in [4.69, 9.17) is 10.8 Å². The van der Waals surface area contributed by atoms with Gasteiger partial charge in [0.15, 0.2) is 0 Å². The van der Waals surface area contributed by atoms with Crippen molar-refractivity contribution in [2.24, 2.45) is 5.73 Å². The van der Waals surface area contributed by atoms with E-state index in [1.165, 1.54) is 0 Å². The van der Waals surface area contributed by atoms with Crippen molar-refractivity contribution in [1.29, 1.82) is 0 Å². The molecule has 0 bridgehead atoms. The molecule has 0 rings (SSSR count). The molecule has 3 N–H and O–H groups in total. The number of hydrogen-bond acceptors (Lipinski definition) is 2. The Morgan fingerprint density at radius 1 is 1.58 bits per heavy atom. The number of nitrogens with two attached hydrogens (primary N) is 1. The van der Waals surface area contributed by atoms with Crippen molar-refractivity contribution in [1.82, 2.24) is 0 Å². The average Bonchev–Trinajstić information content (AvgIpc) is 1.97. The van der Waals surface area contributed by atoms with Crippen molar-refractivity contribution >= 4 is 5.97 Å². The van der Waals surface area contributed by atoms with Crippen LogP contribution in [0.15, 0.2) is 12.2 Å². The minimum absolute atomic E-state index is 0.558. The summed E-state index contributed by atoms with van der Waals surface area (Å²) in [4.78, 5) is 10.3. The molecule has 0 aromatic carbocycles. The smallest absolute Gasteiger partial charge is 0.320 e. The molecule has 0 fully saturated rings. The predicted octanol–water partition coefficient (Wildman–Crippen LogP) is 1.53. The van der Waals surface area contributed by atoms with Crippen LogP contribution in [0.3, 0.4) is 0 Å². The van der Waals surface area contributed by atoms with Crippen LogP contribution in [0.25, 0.3) is 0 Å². The summed E-state index contributed by atoms with van der Waals surface area (Å²) < 4.78 is 0. The van der Waals surface area contributed by atoms with Crippen LogP contribution >= 0.6 is 0 Å². The molecule has 0 heterocycles. The Morgan fingerprint density at radius 3 is 2.58 bits per heavy atom. The standard InChI is InChI=1S/C9H17NO2/c1-7(2)5-3-4-6-8(10)9(11)12/h8H,1,3-6,10H2,2H3,(H,11,12)/t8-/m0/s1. The van der Waals surface area contributed by atoms with Crippen molar-refractivity contribution in [3.8, 4) is 0 Å². The fourth-order valence-electron chi connectivity index (χ4n) is 0.915. The number of aliphatic carboxylic acids is 1. The van der Waals surface area contributed by atoms with Crippen LogP contribution in [0.4, 0.5) is 0 Å². The first-order valence-electron chi connectivity index (χ1n) is 4.17. The van der Waals surface area contributed by atoms with E-state index < -0.39 is 12.0 Å². The molecule has 1 atom stereocenters.